The fourth-order valence-electron chi connectivity index (χ4n) is 1.81. The first-order valence-electron chi connectivity index (χ1n) is 6.69. The van der Waals surface area contributed by atoms with Gasteiger partial charge in [-0.1, -0.05) is 30.3 Å². The molecule has 0 fully saturated rings. The summed E-state index contributed by atoms with van der Waals surface area (Å²) in [5.74, 6) is -1.35. The number of ether oxygens (including phenoxy) is 2. The van der Waals surface area contributed by atoms with E-state index < -0.39 is 24.2 Å². The van der Waals surface area contributed by atoms with Crippen LogP contribution in [0.25, 0.3) is 0 Å². The second-order valence-corrected chi connectivity index (χ2v) is 4.62. The monoisotopic (exact) mass is 302 g/mol. The topological polar surface area (TPSA) is 52.6 Å². The maximum absolute atomic E-state index is 13.4. The van der Waals surface area contributed by atoms with E-state index in [1.54, 1.807) is 18.2 Å². The average Bonchev–Trinajstić information content (AvgIpc) is 2.52. The van der Waals surface area contributed by atoms with Crippen molar-refractivity contribution in [3.05, 3.63) is 65.5 Å². The minimum atomic E-state index is -0.687. The number of hydrogen-bond donors (Lipinski definition) is 0. The molecule has 0 bridgehead atoms. The lowest BCUT2D eigenvalue weighted by atomic mass is 10.1. The number of halogens is 1. The molecule has 2 aromatic carbocycles. The van der Waals surface area contributed by atoms with Gasteiger partial charge in [-0.3, -0.25) is 4.79 Å². The Balaban J connectivity index is 1.82. The van der Waals surface area contributed by atoms with Crippen LogP contribution in [0.1, 0.15) is 15.9 Å². The number of para-hydroxylation sites is 1. The van der Waals surface area contributed by atoms with Gasteiger partial charge in [-0.2, -0.15) is 0 Å². The number of esters is 1. The lowest BCUT2D eigenvalue weighted by Crippen LogP contribution is -2.20. The smallest absolute Gasteiger partial charge is 0.344 e. The van der Waals surface area contributed by atoms with Crippen LogP contribution in [0.3, 0.4) is 0 Å². The van der Waals surface area contributed by atoms with E-state index in [1.807, 2.05) is 19.1 Å². The second kappa shape index (κ2) is 7.36. The molecule has 0 aliphatic heterocycles. The molecular weight excluding hydrogens is 287 g/mol. The number of benzene rings is 2. The zero-order valence-electron chi connectivity index (χ0n) is 12.0. The number of ketones is 1. The van der Waals surface area contributed by atoms with E-state index in [9.17, 15) is 14.0 Å². The van der Waals surface area contributed by atoms with Gasteiger partial charge in [-0.15, -0.1) is 0 Å². The van der Waals surface area contributed by atoms with Crippen LogP contribution >= 0.6 is 0 Å². The number of carbonyl (C=O) groups is 2. The summed E-state index contributed by atoms with van der Waals surface area (Å²) in [6.07, 6.45) is 0. The van der Waals surface area contributed by atoms with Crippen molar-refractivity contribution in [2.75, 3.05) is 13.2 Å². The van der Waals surface area contributed by atoms with Crippen molar-refractivity contribution < 1.29 is 23.5 Å². The van der Waals surface area contributed by atoms with Gasteiger partial charge in [-0.05, 0) is 30.7 Å². The number of rotatable bonds is 6. The second-order valence-electron chi connectivity index (χ2n) is 4.62. The molecule has 5 heteroatoms. The summed E-state index contributed by atoms with van der Waals surface area (Å²) >= 11 is 0. The molecule has 0 aromatic heterocycles. The van der Waals surface area contributed by atoms with E-state index in [0.29, 0.717) is 5.75 Å². The first-order valence-corrected chi connectivity index (χ1v) is 6.69. The Morgan fingerprint density at radius 2 is 1.68 bits per heavy atom. The summed E-state index contributed by atoms with van der Waals surface area (Å²) in [6, 6.07) is 12.8. The van der Waals surface area contributed by atoms with E-state index >= 15 is 0 Å². The minimum absolute atomic E-state index is 0.102. The molecule has 22 heavy (non-hydrogen) atoms. The fourth-order valence-corrected chi connectivity index (χ4v) is 1.81. The molecule has 0 atom stereocenters. The fraction of sp³-hybridized carbons (Fsp3) is 0.176. The molecule has 114 valence electrons. The van der Waals surface area contributed by atoms with Gasteiger partial charge in [0.05, 0.1) is 5.56 Å². The molecule has 0 heterocycles. The van der Waals surface area contributed by atoms with Crippen molar-refractivity contribution >= 4 is 11.8 Å². The van der Waals surface area contributed by atoms with E-state index in [2.05, 4.69) is 0 Å². The lowest BCUT2D eigenvalue weighted by Gasteiger charge is -2.08. The van der Waals surface area contributed by atoms with Crippen molar-refractivity contribution in [3.8, 4) is 5.75 Å². The molecule has 0 aliphatic carbocycles. The number of hydrogen-bond acceptors (Lipinski definition) is 4. The molecule has 0 N–H and O–H groups in total. The first kappa shape index (κ1) is 15.7. The highest BCUT2D eigenvalue weighted by atomic mass is 19.1. The Morgan fingerprint density at radius 1 is 1.00 bits per heavy atom. The van der Waals surface area contributed by atoms with Crippen molar-refractivity contribution in [3.63, 3.8) is 0 Å². The van der Waals surface area contributed by atoms with Crippen LogP contribution in [0.5, 0.6) is 5.75 Å². The molecule has 4 nitrogen and oxygen atoms in total. The Kier molecular flexibility index (Phi) is 5.25. The van der Waals surface area contributed by atoms with Gasteiger partial charge in [0.15, 0.2) is 13.2 Å². The van der Waals surface area contributed by atoms with Crippen LogP contribution in [-0.2, 0) is 9.53 Å². The number of aryl methyl sites for hydroxylation is 1. The minimum Gasteiger partial charge on any atom is -0.482 e. The third kappa shape index (κ3) is 4.15. The standard InChI is InChI=1S/C17H15FO4/c1-12-6-2-5-9-16(12)21-11-17(20)22-10-15(19)13-7-3-4-8-14(13)18/h2-9H,10-11H2,1H3. The van der Waals surface area contributed by atoms with Crippen LogP contribution in [0, 0.1) is 12.7 Å². The van der Waals surface area contributed by atoms with E-state index in [0.717, 1.165) is 5.56 Å². The Bertz CT molecular complexity index is 682. The third-order valence-electron chi connectivity index (χ3n) is 2.98. The molecule has 0 saturated carbocycles. The van der Waals surface area contributed by atoms with E-state index in [4.69, 9.17) is 9.47 Å². The molecule has 0 radical (unpaired) electrons. The first-order chi connectivity index (χ1) is 10.6. The Hall–Kier alpha value is -2.69. The van der Waals surface area contributed by atoms with Gasteiger partial charge in [0.25, 0.3) is 0 Å². The normalized spacial score (nSPS) is 10.1. The van der Waals surface area contributed by atoms with Gasteiger partial charge >= 0.3 is 5.97 Å². The Morgan fingerprint density at radius 3 is 2.41 bits per heavy atom. The van der Waals surface area contributed by atoms with E-state index in [1.165, 1.54) is 18.2 Å². The predicted molar refractivity (Wildman–Crippen MR) is 78.4 cm³/mol. The zero-order valence-corrected chi connectivity index (χ0v) is 12.0. The van der Waals surface area contributed by atoms with Crippen LogP contribution in [0.2, 0.25) is 0 Å². The lowest BCUT2D eigenvalue weighted by molar-refractivity contribution is -0.144. The SMILES string of the molecule is Cc1ccccc1OCC(=O)OCC(=O)c1ccccc1F. The highest BCUT2D eigenvalue weighted by Gasteiger charge is 2.14. The molecule has 2 rings (SSSR count). The summed E-state index contributed by atoms with van der Waals surface area (Å²) in [6.45, 7) is 1.02. The summed E-state index contributed by atoms with van der Waals surface area (Å²) in [7, 11) is 0. The van der Waals surface area contributed by atoms with Gasteiger partial charge < -0.3 is 9.47 Å². The Labute approximate surface area is 127 Å². The maximum atomic E-state index is 13.4. The predicted octanol–water partition coefficient (Wildman–Crippen LogP) is 2.94. The van der Waals surface area contributed by atoms with Crippen molar-refractivity contribution in [2.24, 2.45) is 0 Å². The quantitative estimate of drug-likeness (QED) is 0.608. The van der Waals surface area contributed by atoms with Crippen molar-refractivity contribution in [1.29, 1.82) is 0 Å². The highest BCUT2D eigenvalue weighted by molar-refractivity contribution is 5.98. The van der Waals surface area contributed by atoms with Gasteiger partial charge in [0.2, 0.25) is 5.78 Å². The summed E-state index contributed by atoms with van der Waals surface area (Å²) in [5.41, 5.74) is 0.785. The molecule has 0 saturated heterocycles. The van der Waals surface area contributed by atoms with Crippen LogP contribution < -0.4 is 4.74 Å². The average molecular weight is 302 g/mol. The van der Waals surface area contributed by atoms with Gasteiger partial charge in [0, 0.05) is 0 Å². The van der Waals surface area contributed by atoms with E-state index in [-0.39, 0.29) is 12.2 Å². The molecule has 0 unspecified atom stereocenters. The van der Waals surface area contributed by atoms with Crippen LogP contribution in [-0.4, -0.2) is 25.0 Å². The largest absolute Gasteiger partial charge is 0.482 e. The van der Waals surface area contributed by atoms with Gasteiger partial charge in [0.1, 0.15) is 11.6 Å². The van der Waals surface area contributed by atoms with Crippen molar-refractivity contribution in [2.45, 2.75) is 6.92 Å². The molecule has 0 spiro atoms. The van der Waals surface area contributed by atoms with Crippen LogP contribution in [0.4, 0.5) is 4.39 Å². The summed E-state index contributed by atoms with van der Waals surface area (Å²) in [5, 5.41) is 0. The molecule has 0 aliphatic rings. The highest BCUT2D eigenvalue weighted by Crippen LogP contribution is 2.16. The molecule has 2 aromatic rings. The van der Waals surface area contributed by atoms with Crippen LogP contribution in [0.15, 0.2) is 48.5 Å². The summed E-state index contributed by atoms with van der Waals surface area (Å²) in [4.78, 5) is 23.3. The van der Waals surface area contributed by atoms with Gasteiger partial charge in [-0.25, -0.2) is 9.18 Å². The number of Topliss-reactive ketones (excluding diaryl/α,β-unsaturated/α-hetero) is 1. The number of carbonyl (C=O) groups excluding carboxylic acids is 2. The summed E-state index contributed by atoms with van der Waals surface area (Å²) < 4.78 is 23.5. The molecular formula is C17H15FO4. The zero-order chi connectivity index (χ0) is 15.9. The molecule has 0 amide bonds. The maximum Gasteiger partial charge on any atom is 0.344 e. The van der Waals surface area contributed by atoms with Crippen molar-refractivity contribution in [1.82, 2.24) is 0 Å². The third-order valence-corrected chi connectivity index (χ3v) is 2.98.